The Bertz CT molecular complexity index is 1160. The molecule has 1 heterocycles. The van der Waals surface area contributed by atoms with Crippen molar-refractivity contribution in [2.75, 3.05) is 26.2 Å². The highest BCUT2D eigenvalue weighted by Crippen LogP contribution is 2.25. The minimum absolute atomic E-state index is 0.0707. The smallest absolute Gasteiger partial charge is 0.253 e. The zero-order valence-electron chi connectivity index (χ0n) is 17.4. The average molecular weight is 487 g/mol. The molecule has 1 amide bonds. The summed E-state index contributed by atoms with van der Waals surface area (Å²) >= 11 is 7.63. The molecule has 0 radical (unpaired) electrons. The van der Waals surface area contributed by atoms with E-state index in [0.717, 1.165) is 21.2 Å². The molecule has 0 atom stereocenters. The number of benzene rings is 3. The van der Waals surface area contributed by atoms with Crippen LogP contribution < -0.4 is 0 Å². The summed E-state index contributed by atoms with van der Waals surface area (Å²) in [4.78, 5) is 16.0. The number of carbonyl (C=O) groups is 1. The summed E-state index contributed by atoms with van der Waals surface area (Å²) in [5, 5.41) is 0.718. The molecule has 1 aliphatic rings. The first-order valence-corrected chi connectivity index (χ1v) is 13.1. The second-order valence-corrected chi connectivity index (χ2v) is 10.9. The van der Waals surface area contributed by atoms with Crippen molar-refractivity contribution in [1.29, 1.82) is 0 Å². The summed E-state index contributed by atoms with van der Waals surface area (Å²) < 4.78 is 27.0. The van der Waals surface area contributed by atoms with E-state index in [1.54, 1.807) is 47.0 Å². The van der Waals surface area contributed by atoms with Gasteiger partial charge in [-0.05, 0) is 54.1 Å². The maximum atomic E-state index is 12.9. The molecule has 0 spiro atoms. The zero-order valence-corrected chi connectivity index (χ0v) is 19.7. The molecule has 3 aromatic carbocycles. The topological polar surface area (TPSA) is 57.7 Å². The number of sulfonamides is 1. The Hall–Kier alpha value is -2.32. The van der Waals surface area contributed by atoms with Crippen molar-refractivity contribution in [3.8, 4) is 0 Å². The van der Waals surface area contributed by atoms with Gasteiger partial charge < -0.3 is 4.90 Å². The third-order valence-corrected chi connectivity index (χ3v) is 8.57. The minimum atomic E-state index is -3.53. The highest BCUT2D eigenvalue weighted by Gasteiger charge is 2.30. The van der Waals surface area contributed by atoms with Crippen LogP contribution in [0.4, 0.5) is 0 Å². The van der Waals surface area contributed by atoms with Gasteiger partial charge in [0, 0.05) is 47.4 Å². The fraction of sp³-hybridized carbons (Fsp3) is 0.208. The zero-order chi connectivity index (χ0) is 22.6. The third kappa shape index (κ3) is 5.35. The van der Waals surface area contributed by atoms with Crippen LogP contribution in [0.25, 0.3) is 0 Å². The number of nitrogens with zero attached hydrogens (tertiary/aromatic N) is 2. The molecule has 1 saturated heterocycles. The maximum Gasteiger partial charge on any atom is 0.253 e. The van der Waals surface area contributed by atoms with E-state index >= 15 is 0 Å². The van der Waals surface area contributed by atoms with Crippen LogP contribution in [0.2, 0.25) is 5.02 Å². The first-order valence-electron chi connectivity index (χ1n) is 10.3. The van der Waals surface area contributed by atoms with Crippen molar-refractivity contribution in [3.63, 3.8) is 0 Å². The van der Waals surface area contributed by atoms with Crippen molar-refractivity contribution in [1.82, 2.24) is 9.21 Å². The summed E-state index contributed by atoms with van der Waals surface area (Å²) in [5.74, 6) is 0.727. The molecule has 5 nitrogen and oxygen atoms in total. The second-order valence-electron chi connectivity index (χ2n) is 7.45. The molecule has 0 saturated carbocycles. The van der Waals surface area contributed by atoms with Gasteiger partial charge in [-0.25, -0.2) is 8.42 Å². The Morgan fingerprint density at radius 2 is 1.47 bits per heavy atom. The van der Waals surface area contributed by atoms with Gasteiger partial charge in [-0.3, -0.25) is 4.79 Å². The molecule has 1 aliphatic heterocycles. The molecular formula is C24H23ClN2O3S2. The number of halogens is 1. The van der Waals surface area contributed by atoms with Crippen LogP contribution in [-0.2, 0) is 15.8 Å². The van der Waals surface area contributed by atoms with Gasteiger partial charge in [-0.1, -0.05) is 41.9 Å². The van der Waals surface area contributed by atoms with Crippen LogP contribution >= 0.6 is 23.4 Å². The van der Waals surface area contributed by atoms with Crippen LogP contribution in [0.1, 0.15) is 15.9 Å². The maximum absolute atomic E-state index is 12.9. The quantitative estimate of drug-likeness (QED) is 0.470. The van der Waals surface area contributed by atoms with E-state index in [4.69, 9.17) is 11.6 Å². The lowest BCUT2D eigenvalue weighted by atomic mass is 10.1. The highest BCUT2D eigenvalue weighted by atomic mass is 35.5. The van der Waals surface area contributed by atoms with Gasteiger partial charge in [-0.15, -0.1) is 11.8 Å². The fourth-order valence-electron chi connectivity index (χ4n) is 3.50. The van der Waals surface area contributed by atoms with Gasteiger partial charge in [0.2, 0.25) is 10.0 Å². The standard InChI is InChI=1S/C24H23ClN2O3S2/c25-21-10-12-22(13-11-21)31-18-19-6-8-20(9-7-19)24(28)26-14-16-27(17-15-26)32(29,30)23-4-2-1-3-5-23/h1-13H,14-18H2. The van der Waals surface area contributed by atoms with Gasteiger partial charge >= 0.3 is 0 Å². The van der Waals surface area contributed by atoms with E-state index in [2.05, 4.69) is 0 Å². The Balaban J connectivity index is 1.32. The molecule has 1 fully saturated rings. The first kappa shape index (κ1) is 22.9. The Kier molecular flexibility index (Phi) is 7.20. The van der Waals surface area contributed by atoms with E-state index in [-0.39, 0.29) is 10.8 Å². The Morgan fingerprint density at radius 1 is 0.844 bits per heavy atom. The summed E-state index contributed by atoms with van der Waals surface area (Å²) in [6.07, 6.45) is 0. The summed E-state index contributed by atoms with van der Waals surface area (Å²) in [7, 11) is -3.53. The van der Waals surface area contributed by atoms with Crippen LogP contribution in [0.3, 0.4) is 0 Å². The van der Waals surface area contributed by atoms with E-state index in [9.17, 15) is 13.2 Å². The highest BCUT2D eigenvalue weighted by molar-refractivity contribution is 7.98. The van der Waals surface area contributed by atoms with Gasteiger partial charge in [0.1, 0.15) is 0 Å². The lowest BCUT2D eigenvalue weighted by molar-refractivity contribution is 0.0698. The minimum Gasteiger partial charge on any atom is -0.336 e. The predicted octanol–water partition coefficient (Wildman–Crippen LogP) is 4.78. The van der Waals surface area contributed by atoms with Gasteiger partial charge in [0.05, 0.1) is 4.90 Å². The molecule has 4 rings (SSSR count). The SMILES string of the molecule is O=C(c1ccc(CSc2ccc(Cl)cc2)cc1)N1CCN(S(=O)(=O)c2ccccc2)CC1. The van der Waals surface area contributed by atoms with Crippen LogP contribution in [0.15, 0.2) is 88.7 Å². The van der Waals surface area contributed by atoms with E-state index in [0.29, 0.717) is 31.7 Å². The summed E-state index contributed by atoms with van der Waals surface area (Å²) in [5.41, 5.74) is 1.74. The number of hydrogen-bond donors (Lipinski definition) is 0. The normalized spacial score (nSPS) is 15.0. The number of amides is 1. The lowest BCUT2D eigenvalue weighted by Crippen LogP contribution is -2.50. The number of rotatable bonds is 6. The average Bonchev–Trinajstić information content (AvgIpc) is 2.84. The first-order chi connectivity index (χ1) is 15.4. The number of hydrogen-bond acceptors (Lipinski definition) is 4. The Labute approximate surface area is 198 Å². The molecule has 0 unspecified atom stereocenters. The number of carbonyl (C=O) groups excluding carboxylic acids is 1. The second kappa shape index (κ2) is 10.1. The molecule has 0 N–H and O–H groups in total. The van der Waals surface area contributed by atoms with Crippen molar-refractivity contribution >= 4 is 39.3 Å². The van der Waals surface area contributed by atoms with Gasteiger partial charge in [0.15, 0.2) is 0 Å². The molecule has 0 aromatic heterocycles. The summed E-state index contributed by atoms with van der Waals surface area (Å²) in [6, 6.07) is 23.7. The molecule has 3 aromatic rings. The molecule has 8 heteroatoms. The molecule has 32 heavy (non-hydrogen) atoms. The van der Waals surface area contributed by atoms with E-state index < -0.39 is 10.0 Å². The number of piperazine rings is 1. The van der Waals surface area contributed by atoms with Gasteiger partial charge in [-0.2, -0.15) is 4.31 Å². The van der Waals surface area contributed by atoms with Gasteiger partial charge in [0.25, 0.3) is 5.91 Å². The monoisotopic (exact) mass is 486 g/mol. The van der Waals surface area contributed by atoms with E-state index in [1.807, 2.05) is 48.5 Å². The third-order valence-electron chi connectivity index (χ3n) is 5.33. The van der Waals surface area contributed by atoms with Crippen molar-refractivity contribution < 1.29 is 13.2 Å². The van der Waals surface area contributed by atoms with Crippen molar-refractivity contribution in [2.45, 2.75) is 15.5 Å². The largest absolute Gasteiger partial charge is 0.336 e. The molecular weight excluding hydrogens is 464 g/mol. The van der Waals surface area contributed by atoms with Crippen molar-refractivity contribution in [3.05, 3.63) is 95.0 Å². The number of thioether (sulfide) groups is 1. The van der Waals surface area contributed by atoms with Crippen LogP contribution in [0, 0.1) is 0 Å². The predicted molar refractivity (Wildman–Crippen MR) is 129 cm³/mol. The molecule has 0 aliphatic carbocycles. The lowest BCUT2D eigenvalue weighted by Gasteiger charge is -2.34. The Morgan fingerprint density at radius 3 is 2.09 bits per heavy atom. The molecule has 166 valence electrons. The summed E-state index contributed by atoms with van der Waals surface area (Å²) in [6.45, 7) is 1.33. The van der Waals surface area contributed by atoms with Crippen LogP contribution in [0.5, 0.6) is 0 Å². The van der Waals surface area contributed by atoms with E-state index in [1.165, 1.54) is 4.31 Å². The molecule has 0 bridgehead atoms. The van der Waals surface area contributed by atoms with Crippen molar-refractivity contribution in [2.24, 2.45) is 0 Å². The fourth-order valence-corrected chi connectivity index (χ4v) is 5.92. The van der Waals surface area contributed by atoms with Crippen LogP contribution in [-0.4, -0.2) is 49.7 Å².